The van der Waals surface area contributed by atoms with E-state index in [1.165, 1.54) is 18.2 Å². The Hall–Kier alpha value is -1.88. The maximum atomic E-state index is 13.3. The number of furan rings is 1. The largest absolute Gasteiger partial charge is 0.451 e. The number of amides is 1. The molecule has 0 spiro atoms. The minimum absolute atomic E-state index is 0.139. The second-order valence-electron chi connectivity index (χ2n) is 5.30. The number of carbonyl (C=O) groups is 1. The van der Waals surface area contributed by atoms with Crippen LogP contribution in [-0.4, -0.2) is 23.2 Å². The Labute approximate surface area is 122 Å². The van der Waals surface area contributed by atoms with Crippen molar-refractivity contribution >= 4 is 16.9 Å². The zero-order valence-corrected chi connectivity index (χ0v) is 12.5. The molecule has 4 nitrogen and oxygen atoms in total. The quantitative estimate of drug-likeness (QED) is 0.890. The highest BCUT2D eigenvalue weighted by molar-refractivity contribution is 5.99. The summed E-state index contributed by atoms with van der Waals surface area (Å²) >= 11 is 0. The van der Waals surface area contributed by atoms with Crippen LogP contribution >= 0.6 is 0 Å². The molecule has 21 heavy (non-hydrogen) atoms. The Kier molecular flexibility index (Phi) is 4.32. The molecule has 0 atom stereocenters. The van der Waals surface area contributed by atoms with E-state index in [0.717, 1.165) is 0 Å². The third-order valence-corrected chi connectivity index (χ3v) is 4.14. The van der Waals surface area contributed by atoms with Crippen LogP contribution in [0.3, 0.4) is 0 Å². The van der Waals surface area contributed by atoms with E-state index in [-0.39, 0.29) is 24.1 Å². The van der Waals surface area contributed by atoms with Crippen molar-refractivity contribution in [2.24, 2.45) is 0 Å². The lowest BCUT2D eigenvalue weighted by molar-refractivity contribution is 0.0791. The van der Waals surface area contributed by atoms with Gasteiger partial charge in [-0.1, -0.05) is 13.8 Å². The van der Waals surface area contributed by atoms with Crippen LogP contribution in [0.4, 0.5) is 4.39 Å². The summed E-state index contributed by atoms with van der Waals surface area (Å²) in [6.07, 6.45) is 1.22. The van der Waals surface area contributed by atoms with Crippen molar-refractivity contribution in [1.29, 1.82) is 0 Å². The van der Waals surface area contributed by atoms with Crippen molar-refractivity contribution in [3.63, 3.8) is 0 Å². The van der Waals surface area contributed by atoms with E-state index in [2.05, 4.69) is 5.32 Å². The van der Waals surface area contributed by atoms with Crippen LogP contribution in [-0.2, 0) is 0 Å². The number of aliphatic hydroxyl groups is 1. The number of nitrogens with one attached hydrogen (secondary N) is 1. The van der Waals surface area contributed by atoms with E-state index < -0.39 is 5.54 Å². The molecule has 2 rings (SSSR count). The van der Waals surface area contributed by atoms with Crippen LogP contribution in [0, 0.1) is 12.7 Å². The second-order valence-corrected chi connectivity index (χ2v) is 5.30. The minimum atomic E-state index is -0.659. The van der Waals surface area contributed by atoms with Crippen molar-refractivity contribution in [2.75, 3.05) is 6.61 Å². The van der Waals surface area contributed by atoms with Crippen LogP contribution in [0.1, 0.15) is 42.8 Å². The van der Waals surface area contributed by atoms with Crippen molar-refractivity contribution < 1.29 is 18.7 Å². The normalized spacial score (nSPS) is 11.9. The molecule has 2 aromatic rings. The Morgan fingerprint density at radius 3 is 2.62 bits per heavy atom. The van der Waals surface area contributed by atoms with Crippen LogP contribution in [0.5, 0.6) is 0 Å². The molecule has 0 fully saturated rings. The highest BCUT2D eigenvalue weighted by Crippen LogP contribution is 2.26. The standard InChI is InChI=1S/C16H20FNO3/c1-4-16(5-2,9-19)18-15(20)14-10(3)12-8-11(17)6-7-13(12)21-14/h6-8,19H,4-5,9H2,1-3H3,(H,18,20). The molecule has 0 aliphatic rings. The molecule has 0 aliphatic carbocycles. The van der Waals surface area contributed by atoms with Gasteiger partial charge in [-0.25, -0.2) is 4.39 Å². The maximum Gasteiger partial charge on any atom is 0.287 e. The molecular weight excluding hydrogens is 273 g/mol. The number of benzene rings is 1. The zero-order chi connectivity index (χ0) is 15.6. The first kappa shape index (κ1) is 15.5. The summed E-state index contributed by atoms with van der Waals surface area (Å²) in [5, 5.41) is 12.9. The predicted molar refractivity (Wildman–Crippen MR) is 78.8 cm³/mol. The molecule has 5 heteroatoms. The van der Waals surface area contributed by atoms with Gasteiger partial charge in [0.1, 0.15) is 11.4 Å². The molecule has 1 aromatic heterocycles. The lowest BCUT2D eigenvalue weighted by Crippen LogP contribution is -2.50. The molecule has 0 saturated carbocycles. The van der Waals surface area contributed by atoms with E-state index >= 15 is 0 Å². The first-order valence-corrected chi connectivity index (χ1v) is 7.08. The Morgan fingerprint density at radius 1 is 1.38 bits per heavy atom. The molecule has 1 amide bonds. The van der Waals surface area contributed by atoms with Gasteiger partial charge in [0, 0.05) is 10.9 Å². The molecule has 1 heterocycles. The Balaban J connectivity index is 2.38. The summed E-state index contributed by atoms with van der Waals surface area (Å²) in [5.74, 6) is -0.595. The highest BCUT2D eigenvalue weighted by atomic mass is 19.1. The third-order valence-electron chi connectivity index (χ3n) is 4.14. The number of hydrogen-bond donors (Lipinski definition) is 2. The minimum Gasteiger partial charge on any atom is -0.451 e. The summed E-state index contributed by atoms with van der Waals surface area (Å²) in [4.78, 5) is 12.4. The maximum absolute atomic E-state index is 13.3. The van der Waals surface area contributed by atoms with Crippen LogP contribution in [0.25, 0.3) is 11.0 Å². The van der Waals surface area contributed by atoms with Crippen molar-refractivity contribution in [3.05, 3.63) is 35.3 Å². The van der Waals surface area contributed by atoms with E-state index in [0.29, 0.717) is 29.4 Å². The van der Waals surface area contributed by atoms with E-state index in [1.807, 2.05) is 13.8 Å². The molecule has 0 aliphatic heterocycles. The summed E-state index contributed by atoms with van der Waals surface area (Å²) in [7, 11) is 0. The number of rotatable bonds is 5. The summed E-state index contributed by atoms with van der Waals surface area (Å²) in [6, 6.07) is 4.15. The van der Waals surface area contributed by atoms with E-state index in [4.69, 9.17) is 4.42 Å². The molecule has 0 bridgehead atoms. The van der Waals surface area contributed by atoms with Gasteiger partial charge in [-0.2, -0.15) is 0 Å². The first-order chi connectivity index (χ1) is 9.96. The number of carbonyl (C=O) groups excluding carboxylic acids is 1. The van der Waals surface area contributed by atoms with Gasteiger partial charge < -0.3 is 14.8 Å². The molecule has 2 N–H and O–H groups in total. The lowest BCUT2D eigenvalue weighted by Gasteiger charge is -2.30. The predicted octanol–water partition coefficient (Wildman–Crippen LogP) is 3.16. The summed E-state index contributed by atoms with van der Waals surface area (Å²) in [5.41, 5.74) is 0.413. The van der Waals surface area contributed by atoms with Gasteiger partial charge >= 0.3 is 0 Å². The van der Waals surface area contributed by atoms with Gasteiger partial charge in [0.15, 0.2) is 5.76 Å². The average Bonchev–Trinajstić information content (AvgIpc) is 2.82. The Morgan fingerprint density at radius 2 is 2.05 bits per heavy atom. The third kappa shape index (κ3) is 2.78. The topological polar surface area (TPSA) is 62.5 Å². The molecular formula is C16H20FNO3. The zero-order valence-electron chi connectivity index (χ0n) is 12.5. The average molecular weight is 293 g/mol. The molecule has 0 saturated heterocycles. The van der Waals surface area contributed by atoms with Gasteiger partial charge in [0.2, 0.25) is 0 Å². The second kappa shape index (κ2) is 5.85. The lowest BCUT2D eigenvalue weighted by atomic mass is 9.93. The van der Waals surface area contributed by atoms with Gasteiger partial charge in [-0.3, -0.25) is 4.79 Å². The van der Waals surface area contributed by atoms with Crippen LogP contribution in [0.15, 0.2) is 22.6 Å². The smallest absolute Gasteiger partial charge is 0.287 e. The number of hydrogen-bond acceptors (Lipinski definition) is 3. The Bertz CT molecular complexity index is 651. The first-order valence-electron chi connectivity index (χ1n) is 7.08. The SMILES string of the molecule is CCC(CC)(CO)NC(=O)c1oc2ccc(F)cc2c1C. The van der Waals surface area contributed by atoms with Gasteiger partial charge in [0.05, 0.1) is 12.1 Å². The van der Waals surface area contributed by atoms with Gasteiger partial charge in [-0.05, 0) is 38.0 Å². The molecule has 114 valence electrons. The number of aliphatic hydroxyl groups excluding tert-OH is 1. The highest BCUT2D eigenvalue weighted by Gasteiger charge is 2.30. The van der Waals surface area contributed by atoms with E-state index in [1.54, 1.807) is 6.92 Å². The number of aryl methyl sites for hydroxylation is 1. The van der Waals surface area contributed by atoms with Crippen LogP contribution < -0.4 is 5.32 Å². The van der Waals surface area contributed by atoms with E-state index in [9.17, 15) is 14.3 Å². The molecule has 1 aromatic carbocycles. The van der Waals surface area contributed by atoms with Gasteiger partial charge in [0.25, 0.3) is 5.91 Å². The van der Waals surface area contributed by atoms with Crippen molar-refractivity contribution in [3.8, 4) is 0 Å². The molecule has 0 unspecified atom stereocenters. The monoisotopic (exact) mass is 293 g/mol. The summed E-state index contributed by atoms with van der Waals surface area (Å²) < 4.78 is 18.8. The van der Waals surface area contributed by atoms with Crippen LogP contribution in [0.2, 0.25) is 0 Å². The van der Waals surface area contributed by atoms with Crippen molar-refractivity contribution in [1.82, 2.24) is 5.32 Å². The van der Waals surface area contributed by atoms with Crippen molar-refractivity contribution in [2.45, 2.75) is 39.2 Å². The number of fused-ring (bicyclic) bond motifs is 1. The molecule has 0 radical (unpaired) electrons. The fourth-order valence-electron chi connectivity index (χ4n) is 2.40. The fourth-order valence-corrected chi connectivity index (χ4v) is 2.40. The summed E-state index contributed by atoms with van der Waals surface area (Å²) in [6.45, 7) is 5.39. The fraction of sp³-hybridized carbons (Fsp3) is 0.438. The van der Waals surface area contributed by atoms with Gasteiger partial charge in [-0.15, -0.1) is 0 Å². The number of halogens is 1.